The highest BCUT2D eigenvalue weighted by Crippen LogP contribution is 2.39. The summed E-state index contributed by atoms with van der Waals surface area (Å²) in [6.07, 6.45) is 1.22. The largest absolute Gasteiger partial charge is 0.382 e. The summed E-state index contributed by atoms with van der Waals surface area (Å²) in [5, 5.41) is 0. The van der Waals surface area contributed by atoms with Gasteiger partial charge < -0.3 is 26.2 Å². The average molecular weight is 361 g/mol. The molecule has 11 heteroatoms. The molecule has 130 valence electrons. The Kier molecular flexibility index (Phi) is 4.25. The summed E-state index contributed by atoms with van der Waals surface area (Å²) >= 11 is 0. The number of nitrogens with zero attached hydrogens (tertiary/aromatic N) is 5. The first-order valence-electron chi connectivity index (χ1n) is 7.16. The zero-order valence-electron chi connectivity index (χ0n) is 13.2. The highest BCUT2D eigenvalue weighted by molar-refractivity contribution is 7.50. The van der Waals surface area contributed by atoms with Crippen LogP contribution >= 0.6 is 7.60 Å². The lowest BCUT2D eigenvalue weighted by atomic mass is 10.2. The Morgan fingerprint density at radius 1 is 1.12 bits per heavy atom. The molecule has 0 saturated carbocycles. The summed E-state index contributed by atoms with van der Waals surface area (Å²) in [5.41, 5.74) is 13.3. The molecule has 0 amide bonds. The van der Waals surface area contributed by atoms with Crippen LogP contribution in [0.5, 0.6) is 0 Å². The fourth-order valence-corrected chi connectivity index (χ4v) is 2.98. The average Bonchev–Trinajstić information content (AvgIpc) is 2.53. The standard InChI is InChI=1S/C14H16N7O3P/c1-21(9-4-2-8(3-5-9)7-25(22,23)24)10-6-17-13-11(18-10)12(15)19-14(16)20-13/h2-6H,7H2,1H3,(H2,22,23,24)(H4,15,16,17,19,20). The topological polar surface area (TPSA) is 164 Å². The van der Waals surface area contributed by atoms with Crippen molar-refractivity contribution in [3.63, 3.8) is 0 Å². The Balaban J connectivity index is 1.91. The van der Waals surface area contributed by atoms with Crippen molar-refractivity contribution in [3.05, 3.63) is 36.0 Å². The Morgan fingerprint density at radius 2 is 1.80 bits per heavy atom. The van der Waals surface area contributed by atoms with Crippen molar-refractivity contribution >= 4 is 42.0 Å². The van der Waals surface area contributed by atoms with Gasteiger partial charge >= 0.3 is 7.60 Å². The molecule has 6 N–H and O–H groups in total. The second-order valence-electron chi connectivity index (χ2n) is 5.42. The Bertz CT molecular complexity index is 974. The molecule has 2 heterocycles. The molecule has 0 atom stereocenters. The second kappa shape index (κ2) is 6.25. The molecule has 0 fully saturated rings. The zero-order chi connectivity index (χ0) is 18.2. The number of fused-ring (bicyclic) bond motifs is 1. The molecule has 3 aromatic rings. The van der Waals surface area contributed by atoms with Gasteiger partial charge in [-0.3, -0.25) is 4.57 Å². The maximum atomic E-state index is 11.1. The molecule has 1 aromatic carbocycles. The van der Waals surface area contributed by atoms with Crippen LogP contribution in [0.15, 0.2) is 30.5 Å². The summed E-state index contributed by atoms with van der Waals surface area (Å²) < 4.78 is 11.1. The van der Waals surface area contributed by atoms with E-state index in [-0.39, 0.29) is 17.9 Å². The number of benzene rings is 1. The molecule has 0 radical (unpaired) electrons. The van der Waals surface area contributed by atoms with Gasteiger partial charge in [-0.1, -0.05) is 12.1 Å². The fourth-order valence-electron chi connectivity index (χ4n) is 2.29. The van der Waals surface area contributed by atoms with E-state index in [2.05, 4.69) is 19.9 Å². The van der Waals surface area contributed by atoms with E-state index in [0.29, 0.717) is 22.5 Å². The molecule has 0 bridgehead atoms. The number of nitrogen functional groups attached to an aromatic ring is 2. The smallest absolute Gasteiger partial charge is 0.329 e. The quantitative estimate of drug-likeness (QED) is 0.493. The van der Waals surface area contributed by atoms with Crippen LogP contribution in [0.3, 0.4) is 0 Å². The number of rotatable bonds is 4. The highest BCUT2D eigenvalue weighted by atomic mass is 31.2. The van der Waals surface area contributed by atoms with Gasteiger partial charge in [0.15, 0.2) is 22.8 Å². The predicted octanol–water partition coefficient (Wildman–Crippen LogP) is 1.03. The van der Waals surface area contributed by atoms with Crippen LogP contribution in [-0.4, -0.2) is 36.8 Å². The Hall–Kier alpha value is -2.81. The second-order valence-corrected chi connectivity index (χ2v) is 7.06. The molecule has 0 aliphatic rings. The monoisotopic (exact) mass is 361 g/mol. The van der Waals surface area contributed by atoms with E-state index in [9.17, 15) is 4.57 Å². The van der Waals surface area contributed by atoms with E-state index in [1.165, 1.54) is 6.20 Å². The van der Waals surface area contributed by atoms with Crippen LogP contribution in [0.25, 0.3) is 11.2 Å². The van der Waals surface area contributed by atoms with Gasteiger partial charge in [-0.2, -0.15) is 9.97 Å². The van der Waals surface area contributed by atoms with Gasteiger partial charge in [-0.15, -0.1) is 0 Å². The van der Waals surface area contributed by atoms with Crippen LogP contribution in [0.4, 0.5) is 23.3 Å². The third kappa shape index (κ3) is 3.82. The minimum atomic E-state index is -4.10. The van der Waals surface area contributed by atoms with Crippen molar-refractivity contribution in [3.8, 4) is 0 Å². The SMILES string of the molecule is CN(c1ccc(CP(=O)(O)O)cc1)c1cnc2nc(N)nc(N)c2n1. The first-order valence-corrected chi connectivity index (χ1v) is 8.96. The summed E-state index contributed by atoms with van der Waals surface area (Å²) in [5.74, 6) is 0.679. The van der Waals surface area contributed by atoms with E-state index in [0.717, 1.165) is 5.69 Å². The molecule has 0 unspecified atom stereocenters. The van der Waals surface area contributed by atoms with Gasteiger partial charge in [0.25, 0.3) is 0 Å². The first-order chi connectivity index (χ1) is 11.7. The van der Waals surface area contributed by atoms with E-state index >= 15 is 0 Å². The van der Waals surface area contributed by atoms with Gasteiger partial charge in [0, 0.05) is 12.7 Å². The number of nitrogens with two attached hydrogens (primary N) is 2. The summed E-state index contributed by atoms with van der Waals surface area (Å²) in [6, 6.07) is 6.77. The molecule has 0 saturated heterocycles. The lowest BCUT2D eigenvalue weighted by Gasteiger charge is -2.18. The fraction of sp³-hybridized carbons (Fsp3) is 0.143. The number of aromatic nitrogens is 4. The Morgan fingerprint density at radius 3 is 2.44 bits per heavy atom. The van der Waals surface area contributed by atoms with Gasteiger partial charge in [0.2, 0.25) is 5.95 Å². The van der Waals surface area contributed by atoms with E-state index < -0.39 is 7.60 Å². The summed E-state index contributed by atoms with van der Waals surface area (Å²) in [4.78, 5) is 36.3. The third-order valence-corrected chi connectivity index (χ3v) is 4.27. The van der Waals surface area contributed by atoms with Gasteiger partial charge in [-0.05, 0) is 17.7 Å². The minimum absolute atomic E-state index is 0.0287. The van der Waals surface area contributed by atoms with Crippen LogP contribution in [-0.2, 0) is 10.7 Å². The van der Waals surface area contributed by atoms with Crippen molar-refractivity contribution in [1.29, 1.82) is 0 Å². The molecule has 3 rings (SSSR count). The number of hydrogen-bond donors (Lipinski definition) is 4. The van der Waals surface area contributed by atoms with Crippen LogP contribution in [0.2, 0.25) is 0 Å². The molecule has 0 aliphatic heterocycles. The maximum Gasteiger partial charge on any atom is 0.329 e. The summed E-state index contributed by atoms with van der Waals surface area (Å²) in [6.45, 7) is 0. The molecule has 2 aromatic heterocycles. The maximum absolute atomic E-state index is 11.1. The van der Waals surface area contributed by atoms with Crippen molar-refractivity contribution in [2.24, 2.45) is 0 Å². The highest BCUT2D eigenvalue weighted by Gasteiger charge is 2.15. The minimum Gasteiger partial charge on any atom is -0.382 e. The van der Waals surface area contributed by atoms with Crippen molar-refractivity contribution < 1.29 is 14.4 Å². The van der Waals surface area contributed by atoms with Crippen molar-refractivity contribution in [2.45, 2.75) is 6.16 Å². The van der Waals surface area contributed by atoms with Crippen molar-refractivity contribution in [1.82, 2.24) is 19.9 Å². The number of anilines is 4. The van der Waals surface area contributed by atoms with Crippen LogP contribution < -0.4 is 16.4 Å². The molecule has 0 aliphatic carbocycles. The normalized spacial score (nSPS) is 11.6. The molecule has 10 nitrogen and oxygen atoms in total. The molecule has 25 heavy (non-hydrogen) atoms. The van der Waals surface area contributed by atoms with E-state index in [4.69, 9.17) is 21.3 Å². The predicted molar refractivity (Wildman–Crippen MR) is 94.2 cm³/mol. The van der Waals surface area contributed by atoms with Gasteiger partial charge in [-0.25, -0.2) is 9.97 Å². The van der Waals surface area contributed by atoms with Crippen LogP contribution in [0.1, 0.15) is 5.56 Å². The van der Waals surface area contributed by atoms with Crippen molar-refractivity contribution in [2.75, 3.05) is 23.4 Å². The van der Waals surface area contributed by atoms with E-state index in [1.54, 1.807) is 36.2 Å². The van der Waals surface area contributed by atoms with Gasteiger partial charge in [0.1, 0.15) is 0 Å². The lowest BCUT2D eigenvalue weighted by Crippen LogP contribution is -2.13. The van der Waals surface area contributed by atoms with E-state index in [1.807, 2.05) is 0 Å². The zero-order valence-corrected chi connectivity index (χ0v) is 14.1. The first kappa shape index (κ1) is 17.0. The molecular weight excluding hydrogens is 345 g/mol. The lowest BCUT2D eigenvalue weighted by molar-refractivity contribution is 0.371. The molecule has 0 spiro atoms. The summed E-state index contributed by atoms with van der Waals surface area (Å²) in [7, 11) is -2.32. The third-order valence-electron chi connectivity index (χ3n) is 3.49. The number of hydrogen-bond acceptors (Lipinski definition) is 8. The Labute approximate surface area is 142 Å². The van der Waals surface area contributed by atoms with Crippen LogP contribution in [0, 0.1) is 0 Å². The van der Waals surface area contributed by atoms with Gasteiger partial charge in [0.05, 0.1) is 12.4 Å². The molecular formula is C14H16N7O3P.